The zero-order valence-electron chi connectivity index (χ0n) is 8.51. The van der Waals surface area contributed by atoms with Crippen molar-refractivity contribution in [3.05, 3.63) is 23.1 Å². The molecule has 1 aliphatic heterocycles. The summed E-state index contributed by atoms with van der Waals surface area (Å²) in [5.41, 5.74) is 2.49. The highest BCUT2D eigenvalue weighted by atomic mass is 16.7. The molecular formula is C10H17NO. The van der Waals surface area contributed by atoms with E-state index in [4.69, 9.17) is 4.84 Å². The lowest BCUT2D eigenvalue weighted by Crippen LogP contribution is -2.25. The molecule has 0 bridgehead atoms. The number of allylic oxidation sites excluding steroid dienone is 3. The molecular weight excluding hydrogens is 150 g/mol. The fraction of sp³-hybridized carbons (Fsp3) is 0.600. The summed E-state index contributed by atoms with van der Waals surface area (Å²) in [7, 11) is 0. The minimum Gasteiger partial charge on any atom is -0.384 e. The van der Waals surface area contributed by atoms with Gasteiger partial charge in [-0.1, -0.05) is 0 Å². The Morgan fingerprint density at radius 2 is 2.00 bits per heavy atom. The van der Waals surface area contributed by atoms with Crippen molar-refractivity contribution >= 4 is 0 Å². The number of rotatable bonds is 1. The molecule has 0 unspecified atom stereocenters. The SMILES string of the molecule is CC1=CC(=C(C)C)N(C(C)C)O1. The van der Waals surface area contributed by atoms with E-state index in [0.29, 0.717) is 6.04 Å². The Hall–Kier alpha value is -0.920. The number of nitrogens with zero attached hydrogens (tertiary/aromatic N) is 1. The van der Waals surface area contributed by atoms with Crippen LogP contribution in [0.2, 0.25) is 0 Å². The predicted molar refractivity (Wildman–Crippen MR) is 50.2 cm³/mol. The Kier molecular flexibility index (Phi) is 2.46. The molecule has 0 saturated carbocycles. The molecule has 2 nitrogen and oxygen atoms in total. The van der Waals surface area contributed by atoms with Gasteiger partial charge in [-0.25, -0.2) is 5.06 Å². The van der Waals surface area contributed by atoms with Gasteiger partial charge < -0.3 is 4.84 Å². The van der Waals surface area contributed by atoms with Crippen LogP contribution in [-0.4, -0.2) is 11.1 Å². The van der Waals surface area contributed by atoms with Gasteiger partial charge in [-0.05, 0) is 40.2 Å². The summed E-state index contributed by atoms with van der Waals surface area (Å²) in [5.74, 6) is 0.972. The zero-order valence-corrected chi connectivity index (χ0v) is 8.51. The van der Waals surface area contributed by atoms with E-state index in [2.05, 4.69) is 33.8 Å². The second-order valence-electron chi connectivity index (χ2n) is 3.65. The van der Waals surface area contributed by atoms with Gasteiger partial charge in [0.1, 0.15) is 5.76 Å². The molecule has 0 aromatic carbocycles. The van der Waals surface area contributed by atoms with Gasteiger partial charge in [-0.3, -0.25) is 0 Å². The molecule has 2 heteroatoms. The highest BCUT2D eigenvalue weighted by Gasteiger charge is 2.20. The first kappa shape index (κ1) is 9.17. The van der Waals surface area contributed by atoms with Gasteiger partial charge in [-0.2, -0.15) is 0 Å². The van der Waals surface area contributed by atoms with Gasteiger partial charge in [0.15, 0.2) is 0 Å². The third-order valence-corrected chi connectivity index (χ3v) is 1.80. The first-order chi connectivity index (χ1) is 5.52. The Bertz CT molecular complexity index is 234. The summed E-state index contributed by atoms with van der Waals surface area (Å²) in [6, 6.07) is 0.392. The van der Waals surface area contributed by atoms with Crippen molar-refractivity contribution in [2.75, 3.05) is 0 Å². The normalized spacial score (nSPS) is 16.7. The van der Waals surface area contributed by atoms with E-state index >= 15 is 0 Å². The molecule has 0 spiro atoms. The largest absolute Gasteiger partial charge is 0.384 e. The fourth-order valence-corrected chi connectivity index (χ4v) is 1.24. The van der Waals surface area contributed by atoms with Crippen LogP contribution in [0.15, 0.2) is 23.1 Å². The average molecular weight is 167 g/mol. The molecule has 0 aliphatic carbocycles. The highest BCUT2D eigenvalue weighted by Crippen LogP contribution is 2.25. The summed E-state index contributed by atoms with van der Waals surface area (Å²) in [6.45, 7) is 10.4. The highest BCUT2D eigenvalue weighted by molar-refractivity contribution is 5.26. The van der Waals surface area contributed by atoms with Crippen molar-refractivity contribution in [3.63, 3.8) is 0 Å². The molecule has 0 radical (unpaired) electrons. The molecule has 0 amide bonds. The predicted octanol–water partition coefficient (Wildman–Crippen LogP) is 2.84. The molecule has 0 fully saturated rings. The molecule has 0 atom stereocenters. The first-order valence-corrected chi connectivity index (χ1v) is 4.35. The van der Waals surface area contributed by atoms with Gasteiger partial charge in [0.2, 0.25) is 0 Å². The number of hydroxylamine groups is 2. The van der Waals surface area contributed by atoms with E-state index < -0.39 is 0 Å². The molecule has 1 heterocycles. The van der Waals surface area contributed by atoms with Crippen LogP contribution in [0.4, 0.5) is 0 Å². The van der Waals surface area contributed by atoms with Crippen LogP contribution in [0.1, 0.15) is 34.6 Å². The summed E-state index contributed by atoms with van der Waals surface area (Å²) >= 11 is 0. The maximum atomic E-state index is 5.53. The van der Waals surface area contributed by atoms with Crippen LogP contribution in [0, 0.1) is 0 Å². The van der Waals surface area contributed by atoms with Gasteiger partial charge >= 0.3 is 0 Å². The fourth-order valence-electron chi connectivity index (χ4n) is 1.24. The third-order valence-electron chi connectivity index (χ3n) is 1.80. The van der Waals surface area contributed by atoms with Crippen molar-refractivity contribution < 1.29 is 4.84 Å². The van der Waals surface area contributed by atoms with Crippen molar-refractivity contribution in [2.45, 2.75) is 40.7 Å². The van der Waals surface area contributed by atoms with E-state index in [1.165, 1.54) is 11.3 Å². The molecule has 0 aromatic rings. The quantitative estimate of drug-likeness (QED) is 0.595. The monoisotopic (exact) mass is 167 g/mol. The minimum absolute atomic E-state index is 0.392. The number of hydrogen-bond donors (Lipinski definition) is 0. The maximum Gasteiger partial charge on any atom is 0.131 e. The van der Waals surface area contributed by atoms with E-state index in [0.717, 1.165) is 5.76 Å². The molecule has 1 aliphatic rings. The molecule has 1 rings (SSSR count). The molecule has 0 aromatic heterocycles. The smallest absolute Gasteiger partial charge is 0.131 e. The van der Waals surface area contributed by atoms with E-state index in [-0.39, 0.29) is 0 Å². The Balaban J connectivity index is 2.90. The van der Waals surface area contributed by atoms with E-state index in [1.54, 1.807) is 0 Å². The van der Waals surface area contributed by atoms with Gasteiger partial charge in [0, 0.05) is 6.08 Å². The van der Waals surface area contributed by atoms with Crippen molar-refractivity contribution in [1.82, 2.24) is 5.06 Å². The van der Waals surface area contributed by atoms with E-state index in [9.17, 15) is 0 Å². The lowest BCUT2D eigenvalue weighted by molar-refractivity contribution is -0.0921. The van der Waals surface area contributed by atoms with Gasteiger partial charge in [-0.15, -0.1) is 0 Å². The third kappa shape index (κ3) is 1.63. The van der Waals surface area contributed by atoms with Crippen LogP contribution in [0.25, 0.3) is 0 Å². The van der Waals surface area contributed by atoms with Crippen molar-refractivity contribution in [1.29, 1.82) is 0 Å². The summed E-state index contributed by atoms with van der Waals surface area (Å²) in [4.78, 5) is 5.53. The van der Waals surface area contributed by atoms with E-state index in [1.807, 2.05) is 12.0 Å². The summed E-state index contributed by atoms with van der Waals surface area (Å²) < 4.78 is 0. The molecule has 0 N–H and O–H groups in total. The second-order valence-corrected chi connectivity index (χ2v) is 3.65. The zero-order chi connectivity index (χ0) is 9.30. The van der Waals surface area contributed by atoms with Crippen LogP contribution < -0.4 is 0 Å². The maximum absolute atomic E-state index is 5.53. The first-order valence-electron chi connectivity index (χ1n) is 4.35. The van der Waals surface area contributed by atoms with Crippen molar-refractivity contribution in [2.24, 2.45) is 0 Å². The minimum atomic E-state index is 0.392. The lowest BCUT2D eigenvalue weighted by Gasteiger charge is -2.24. The lowest BCUT2D eigenvalue weighted by atomic mass is 10.2. The van der Waals surface area contributed by atoms with Crippen molar-refractivity contribution in [3.8, 4) is 0 Å². The van der Waals surface area contributed by atoms with Crippen LogP contribution in [0.5, 0.6) is 0 Å². The topological polar surface area (TPSA) is 12.5 Å². The Morgan fingerprint density at radius 3 is 2.33 bits per heavy atom. The second kappa shape index (κ2) is 3.21. The standard InChI is InChI=1S/C10H17NO/c1-7(2)10-6-9(5)12-11(10)8(3)4/h6,8H,1-5H3. The Labute approximate surface area is 74.5 Å². The molecule has 68 valence electrons. The van der Waals surface area contributed by atoms with Gasteiger partial charge in [0.25, 0.3) is 0 Å². The molecule has 0 saturated heterocycles. The molecule has 12 heavy (non-hydrogen) atoms. The number of hydrogen-bond acceptors (Lipinski definition) is 2. The Morgan fingerprint density at radius 1 is 1.42 bits per heavy atom. The summed E-state index contributed by atoms with van der Waals surface area (Å²) in [5, 5.41) is 1.95. The van der Waals surface area contributed by atoms with Crippen LogP contribution >= 0.6 is 0 Å². The average Bonchev–Trinajstić information content (AvgIpc) is 2.31. The van der Waals surface area contributed by atoms with Crippen LogP contribution in [0.3, 0.4) is 0 Å². The van der Waals surface area contributed by atoms with Gasteiger partial charge in [0.05, 0.1) is 11.7 Å². The van der Waals surface area contributed by atoms with Crippen LogP contribution in [-0.2, 0) is 4.84 Å². The summed E-state index contributed by atoms with van der Waals surface area (Å²) in [6.07, 6.45) is 2.08.